The molecule has 1 saturated carbocycles. The second-order valence-electron chi connectivity index (χ2n) is 6.77. The highest BCUT2D eigenvalue weighted by Crippen LogP contribution is 2.37. The van der Waals surface area contributed by atoms with Gasteiger partial charge in [-0.3, -0.25) is 4.79 Å². The van der Waals surface area contributed by atoms with Gasteiger partial charge >= 0.3 is 0 Å². The summed E-state index contributed by atoms with van der Waals surface area (Å²) in [5.74, 6) is 0.126. The molecule has 128 valence electrons. The van der Waals surface area contributed by atoms with Crippen molar-refractivity contribution in [3.05, 3.63) is 29.8 Å². The smallest absolute Gasteiger partial charge is 0.258 e. The molecule has 1 aromatic carbocycles. The van der Waals surface area contributed by atoms with Crippen molar-refractivity contribution in [1.29, 1.82) is 0 Å². The van der Waals surface area contributed by atoms with Crippen LogP contribution < -0.4 is 11.1 Å². The Kier molecular flexibility index (Phi) is 4.36. The molecular weight excluding hydrogens is 311 g/mol. The maximum Gasteiger partial charge on any atom is 0.258 e. The lowest BCUT2D eigenvalue weighted by molar-refractivity contribution is -0.116. The number of nitrogens with zero attached hydrogens (tertiary/aromatic N) is 2. The molecule has 3 rings (SSSR count). The molecule has 7 heteroatoms. The first-order valence-corrected chi connectivity index (χ1v) is 8.10. The van der Waals surface area contributed by atoms with E-state index in [-0.39, 0.29) is 23.4 Å². The van der Waals surface area contributed by atoms with Crippen molar-refractivity contribution in [2.75, 3.05) is 5.32 Å². The standard InChI is InChI=1S/C17H21FN4O2/c1-10(2)8-14(23)20-13-5-4-11(9-12(13)18)15-21-16(22-24-15)17(19)6-3-7-17/h4-5,9-10H,3,6-8,19H2,1-2H3,(H,20,23). The minimum Gasteiger partial charge on any atom is -0.334 e. The topological polar surface area (TPSA) is 94.0 Å². The van der Waals surface area contributed by atoms with Crippen LogP contribution >= 0.6 is 0 Å². The Morgan fingerprint density at radius 2 is 2.21 bits per heavy atom. The van der Waals surface area contributed by atoms with Crippen LogP contribution in [-0.4, -0.2) is 16.0 Å². The Labute approximate surface area is 139 Å². The molecule has 1 aromatic heterocycles. The van der Waals surface area contributed by atoms with Crippen LogP contribution in [-0.2, 0) is 10.3 Å². The number of hydrogen-bond acceptors (Lipinski definition) is 5. The van der Waals surface area contributed by atoms with Crippen molar-refractivity contribution >= 4 is 11.6 Å². The molecule has 2 aromatic rings. The van der Waals surface area contributed by atoms with E-state index in [0.29, 0.717) is 17.8 Å². The van der Waals surface area contributed by atoms with Crippen LogP contribution in [0.5, 0.6) is 0 Å². The summed E-state index contributed by atoms with van der Waals surface area (Å²) in [4.78, 5) is 16.0. The van der Waals surface area contributed by atoms with Crippen molar-refractivity contribution in [3.8, 4) is 11.5 Å². The molecule has 0 saturated heterocycles. The average Bonchev–Trinajstić information content (AvgIpc) is 2.96. The zero-order chi connectivity index (χ0) is 17.3. The Bertz CT molecular complexity index is 753. The highest BCUT2D eigenvalue weighted by molar-refractivity contribution is 5.91. The van der Waals surface area contributed by atoms with E-state index < -0.39 is 11.4 Å². The monoisotopic (exact) mass is 332 g/mol. The minimum absolute atomic E-state index is 0.137. The van der Waals surface area contributed by atoms with Crippen molar-refractivity contribution < 1.29 is 13.7 Å². The van der Waals surface area contributed by atoms with Gasteiger partial charge in [0.05, 0.1) is 11.2 Å². The van der Waals surface area contributed by atoms with Gasteiger partial charge in [-0.1, -0.05) is 19.0 Å². The summed E-state index contributed by atoms with van der Waals surface area (Å²) < 4.78 is 19.4. The van der Waals surface area contributed by atoms with Gasteiger partial charge in [-0.15, -0.1) is 0 Å². The lowest BCUT2D eigenvalue weighted by Crippen LogP contribution is -2.44. The number of amides is 1. The number of benzene rings is 1. The van der Waals surface area contributed by atoms with Crippen molar-refractivity contribution in [2.45, 2.75) is 45.1 Å². The third-order valence-corrected chi connectivity index (χ3v) is 4.20. The van der Waals surface area contributed by atoms with Gasteiger partial charge in [0, 0.05) is 12.0 Å². The Hall–Kier alpha value is -2.28. The summed E-state index contributed by atoms with van der Waals surface area (Å²) in [6.07, 6.45) is 3.02. The molecule has 1 fully saturated rings. The number of aromatic nitrogens is 2. The summed E-state index contributed by atoms with van der Waals surface area (Å²) in [5, 5.41) is 6.48. The van der Waals surface area contributed by atoms with E-state index in [2.05, 4.69) is 15.5 Å². The molecule has 1 heterocycles. The van der Waals surface area contributed by atoms with Crippen LogP contribution in [0.3, 0.4) is 0 Å². The number of hydrogen-bond donors (Lipinski definition) is 2. The lowest BCUT2D eigenvalue weighted by atomic mass is 9.77. The normalized spacial score (nSPS) is 16.0. The lowest BCUT2D eigenvalue weighted by Gasteiger charge is -2.34. The third-order valence-electron chi connectivity index (χ3n) is 4.20. The quantitative estimate of drug-likeness (QED) is 0.877. The minimum atomic E-state index is -0.546. The van der Waals surface area contributed by atoms with Crippen LogP contribution in [0.15, 0.2) is 22.7 Å². The molecule has 24 heavy (non-hydrogen) atoms. The van der Waals surface area contributed by atoms with Gasteiger partial charge in [0.15, 0.2) is 5.82 Å². The largest absolute Gasteiger partial charge is 0.334 e. The van der Waals surface area contributed by atoms with Crippen LogP contribution in [0.1, 0.15) is 45.4 Å². The van der Waals surface area contributed by atoms with Crippen LogP contribution in [0.4, 0.5) is 10.1 Å². The molecule has 0 atom stereocenters. The van der Waals surface area contributed by atoms with E-state index in [4.69, 9.17) is 10.3 Å². The van der Waals surface area contributed by atoms with Crippen molar-refractivity contribution in [1.82, 2.24) is 10.1 Å². The number of carbonyl (C=O) groups excluding carboxylic acids is 1. The van der Waals surface area contributed by atoms with Crippen LogP contribution in [0, 0.1) is 11.7 Å². The van der Waals surface area contributed by atoms with E-state index >= 15 is 0 Å². The number of nitrogens with one attached hydrogen (secondary N) is 1. The van der Waals surface area contributed by atoms with E-state index in [1.165, 1.54) is 12.1 Å². The summed E-state index contributed by atoms with van der Waals surface area (Å²) in [6, 6.07) is 4.40. The van der Waals surface area contributed by atoms with Crippen molar-refractivity contribution in [3.63, 3.8) is 0 Å². The SMILES string of the molecule is CC(C)CC(=O)Nc1ccc(-c2nc(C3(N)CCC3)no2)cc1F. The molecule has 3 N–H and O–H groups in total. The first kappa shape index (κ1) is 16.6. The predicted molar refractivity (Wildman–Crippen MR) is 87.5 cm³/mol. The van der Waals surface area contributed by atoms with Gasteiger partial charge in [-0.05, 0) is 43.4 Å². The maximum atomic E-state index is 14.2. The van der Waals surface area contributed by atoms with Crippen molar-refractivity contribution in [2.24, 2.45) is 11.7 Å². The number of nitrogens with two attached hydrogens (primary N) is 1. The van der Waals surface area contributed by atoms with Gasteiger partial charge in [0.2, 0.25) is 5.91 Å². The molecular formula is C17H21FN4O2. The first-order valence-electron chi connectivity index (χ1n) is 8.10. The zero-order valence-electron chi connectivity index (χ0n) is 13.8. The second kappa shape index (κ2) is 6.32. The fourth-order valence-electron chi connectivity index (χ4n) is 2.65. The van der Waals surface area contributed by atoms with E-state index in [1.807, 2.05) is 13.8 Å². The molecule has 1 aliphatic rings. The second-order valence-corrected chi connectivity index (χ2v) is 6.77. The third kappa shape index (κ3) is 3.31. The van der Waals surface area contributed by atoms with E-state index in [1.54, 1.807) is 6.07 Å². The number of carbonyl (C=O) groups is 1. The van der Waals surface area contributed by atoms with E-state index in [0.717, 1.165) is 19.3 Å². The van der Waals surface area contributed by atoms with Crippen LogP contribution in [0.2, 0.25) is 0 Å². The maximum absolute atomic E-state index is 14.2. The number of rotatable bonds is 5. The molecule has 1 aliphatic carbocycles. The Balaban J connectivity index is 1.76. The predicted octanol–water partition coefficient (Wildman–Crippen LogP) is 3.20. The Morgan fingerprint density at radius 3 is 2.79 bits per heavy atom. The number of halogens is 1. The molecule has 1 amide bonds. The summed E-state index contributed by atoms with van der Waals surface area (Å²) in [7, 11) is 0. The molecule has 0 spiro atoms. The van der Waals surface area contributed by atoms with Gasteiger partial charge in [-0.2, -0.15) is 4.98 Å². The first-order chi connectivity index (χ1) is 11.4. The summed E-state index contributed by atoms with van der Waals surface area (Å²) in [5.41, 5.74) is 6.23. The highest BCUT2D eigenvalue weighted by Gasteiger charge is 2.39. The average molecular weight is 332 g/mol. The fourth-order valence-corrected chi connectivity index (χ4v) is 2.65. The zero-order valence-corrected chi connectivity index (χ0v) is 13.8. The fraction of sp³-hybridized carbons (Fsp3) is 0.471. The summed E-state index contributed by atoms with van der Waals surface area (Å²) >= 11 is 0. The van der Waals surface area contributed by atoms with Gasteiger partial charge in [0.1, 0.15) is 5.82 Å². The summed E-state index contributed by atoms with van der Waals surface area (Å²) in [6.45, 7) is 3.86. The molecule has 0 unspecified atom stereocenters. The van der Waals surface area contributed by atoms with Gasteiger partial charge in [-0.25, -0.2) is 4.39 Å². The van der Waals surface area contributed by atoms with Gasteiger partial charge in [0.25, 0.3) is 5.89 Å². The molecule has 0 radical (unpaired) electrons. The molecule has 0 bridgehead atoms. The van der Waals surface area contributed by atoms with E-state index in [9.17, 15) is 9.18 Å². The van der Waals surface area contributed by atoms with Crippen LogP contribution in [0.25, 0.3) is 11.5 Å². The highest BCUT2D eigenvalue weighted by atomic mass is 19.1. The number of anilines is 1. The Morgan fingerprint density at radius 1 is 1.46 bits per heavy atom. The molecule has 6 nitrogen and oxygen atoms in total. The molecule has 0 aliphatic heterocycles. The van der Waals surface area contributed by atoms with Gasteiger partial charge < -0.3 is 15.6 Å².